The molecule has 3 atom stereocenters. The van der Waals surface area contributed by atoms with Gasteiger partial charge in [-0.25, -0.2) is 0 Å². The standard InChI is InChI=1S/C16H24N2/c1-2-5-18-16(8-12-3-6-17-7-4-12)15-10-13-9-14(13)11-15/h3-4,6-7,13-16,18H,2,5,8-11H2,1H3. The van der Waals surface area contributed by atoms with Gasteiger partial charge in [0.05, 0.1) is 0 Å². The van der Waals surface area contributed by atoms with Gasteiger partial charge in [-0.15, -0.1) is 0 Å². The van der Waals surface area contributed by atoms with Crippen LogP contribution in [0.3, 0.4) is 0 Å². The Labute approximate surface area is 110 Å². The molecular formula is C16H24N2. The first-order valence-electron chi connectivity index (χ1n) is 7.49. The van der Waals surface area contributed by atoms with Crippen molar-refractivity contribution in [3.05, 3.63) is 30.1 Å². The fraction of sp³-hybridized carbons (Fsp3) is 0.688. The summed E-state index contributed by atoms with van der Waals surface area (Å²) in [6.07, 6.45) is 10.7. The van der Waals surface area contributed by atoms with Crippen LogP contribution in [0.25, 0.3) is 0 Å². The third-order valence-corrected chi connectivity index (χ3v) is 4.71. The van der Waals surface area contributed by atoms with Gasteiger partial charge < -0.3 is 5.32 Å². The average Bonchev–Trinajstić information content (AvgIpc) is 3.02. The molecule has 0 spiro atoms. The molecule has 2 heteroatoms. The van der Waals surface area contributed by atoms with Crippen molar-refractivity contribution in [2.24, 2.45) is 17.8 Å². The third kappa shape index (κ3) is 2.74. The number of hydrogen-bond acceptors (Lipinski definition) is 2. The second-order valence-corrected chi connectivity index (χ2v) is 6.11. The Kier molecular flexibility index (Phi) is 3.64. The molecule has 2 fully saturated rings. The zero-order valence-electron chi connectivity index (χ0n) is 11.3. The van der Waals surface area contributed by atoms with E-state index in [0.717, 1.165) is 24.3 Å². The summed E-state index contributed by atoms with van der Waals surface area (Å²) in [7, 11) is 0. The Morgan fingerprint density at radius 2 is 1.94 bits per heavy atom. The lowest BCUT2D eigenvalue weighted by Crippen LogP contribution is -2.38. The Hall–Kier alpha value is -0.890. The number of fused-ring (bicyclic) bond motifs is 1. The van der Waals surface area contributed by atoms with Crippen LogP contribution in [0, 0.1) is 17.8 Å². The number of nitrogens with zero attached hydrogens (tertiary/aromatic N) is 1. The Bertz CT molecular complexity index is 366. The van der Waals surface area contributed by atoms with Crippen LogP contribution < -0.4 is 5.32 Å². The van der Waals surface area contributed by atoms with E-state index in [1.54, 1.807) is 0 Å². The number of hydrogen-bond donors (Lipinski definition) is 1. The number of aromatic nitrogens is 1. The smallest absolute Gasteiger partial charge is 0.0270 e. The molecule has 1 heterocycles. The van der Waals surface area contributed by atoms with Crippen LogP contribution >= 0.6 is 0 Å². The maximum absolute atomic E-state index is 4.11. The largest absolute Gasteiger partial charge is 0.313 e. The number of pyridine rings is 1. The van der Waals surface area contributed by atoms with Crippen LogP contribution in [-0.4, -0.2) is 17.6 Å². The summed E-state index contributed by atoms with van der Waals surface area (Å²) in [6, 6.07) is 5.01. The second-order valence-electron chi connectivity index (χ2n) is 6.11. The van der Waals surface area contributed by atoms with Crippen molar-refractivity contribution >= 4 is 0 Å². The molecule has 3 rings (SSSR count). The molecule has 1 N–H and O–H groups in total. The summed E-state index contributed by atoms with van der Waals surface area (Å²) < 4.78 is 0. The van der Waals surface area contributed by atoms with Crippen LogP contribution in [0.1, 0.15) is 38.2 Å². The Morgan fingerprint density at radius 1 is 1.22 bits per heavy atom. The first-order valence-corrected chi connectivity index (χ1v) is 7.49. The van der Waals surface area contributed by atoms with Gasteiger partial charge in [0.25, 0.3) is 0 Å². The van der Waals surface area contributed by atoms with Crippen molar-refractivity contribution in [3.63, 3.8) is 0 Å². The lowest BCUT2D eigenvalue weighted by Gasteiger charge is -2.26. The van der Waals surface area contributed by atoms with Crippen LogP contribution in [0.4, 0.5) is 0 Å². The van der Waals surface area contributed by atoms with Gasteiger partial charge in [-0.1, -0.05) is 6.92 Å². The summed E-state index contributed by atoms with van der Waals surface area (Å²) in [5.41, 5.74) is 1.43. The second kappa shape index (κ2) is 5.40. The molecule has 1 aromatic rings. The van der Waals surface area contributed by atoms with E-state index in [1.807, 2.05) is 12.4 Å². The van der Waals surface area contributed by atoms with Crippen LogP contribution in [0.2, 0.25) is 0 Å². The monoisotopic (exact) mass is 244 g/mol. The highest BCUT2D eigenvalue weighted by atomic mass is 14.9. The van der Waals surface area contributed by atoms with E-state index in [9.17, 15) is 0 Å². The number of rotatable bonds is 6. The van der Waals surface area contributed by atoms with Crippen molar-refractivity contribution in [2.45, 2.75) is 45.1 Å². The zero-order chi connectivity index (χ0) is 12.4. The van der Waals surface area contributed by atoms with E-state index in [2.05, 4.69) is 29.4 Å². The van der Waals surface area contributed by atoms with Gasteiger partial charge in [0.1, 0.15) is 0 Å². The molecule has 0 radical (unpaired) electrons. The van der Waals surface area contributed by atoms with Crippen molar-refractivity contribution in [1.82, 2.24) is 10.3 Å². The minimum Gasteiger partial charge on any atom is -0.313 e. The lowest BCUT2D eigenvalue weighted by atomic mass is 9.90. The lowest BCUT2D eigenvalue weighted by molar-refractivity contribution is 0.332. The van der Waals surface area contributed by atoms with Crippen LogP contribution in [-0.2, 0) is 6.42 Å². The average molecular weight is 244 g/mol. The van der Waals surface area contributed by atoms with Gasteiger partial charge >= 0.3 is 0 Å². The van der Waals surface area contributed by atoms with E-state index in [-0.39, 0.29) is 0 Å². The van der Waals surface area contributed by atoms with Gasteiger partial charge in [-0.05, 0) is 74.1 Å². The normalized spacial score (nSPS) is 31.1. The van der Waals surface area contributed by atoms with Crippen molar-refractivity contribution in [2.75, 3.05) is 6.54 Å². The molecule has 2 aliphatic carbocycles. The Morgan fingerprint density at radius 3 is 2.61 bits per heavy atom. The molecule has 18 heavy (non-hydrogen) atoms. The number of nitrogens with one attached hydrogen (secondary N) is 1. The highest BCUT2D eigenvalue weighted by molar-refractivity contribution is 5.13. The topological polar surface area (TPSA) is 24.9 Å². The molecule has 0 bridgehead atoms. The maximum atomic E-state index is 4.11. The molecule has 2 nitrogen and oxygen atoms in total. The molecule has 0 amide bonds. The molecule has 3 unspecified atom stereocenters. The minimum absolute atomic E-state index is 0.681. The highest BCUT2D eigenvalue weighted by Crippen LogP contribution is 2.55. The van der Waals surface area contributed by atoms with Crippen molar-refractivity contribution in [3.8, 4) is 0 Å². The summed E-state index contributed by atoms with van der Waals surface area (Å²) >= 11 is 0. The molecule has 2 aliphatic rings. The molecule has 0 aliphatic heterocycles. The van der Waals surface area contributed by atoms with E-state index in [0.29, 0.717) is 6.04 Å². The van der Waals surface area contributed by atoms with Gasteiger partial charge in [-0.3, -0.25) is 4.98 Å². The maximum Gasteiger partial charge on any atom is 0.0270 e. The third-order valence-electron chi connectivity index (χ3n) is 4.71. The quantitative estimate of drug-likeness (QED) is 0.832. The molecule has 2 saturated carbocycles. The van der Waals surface area contributed by atoms with Crippen LogP contribution in [0.15, 0.2) is 24.5 Å². The highest BCUT2D eigenvalue weighted by Gasteiger charge is 2.47. The van der Waals surface area contributed by atoms with Crippen LogP contribution in [0.5, 0.6) is 0 Å². The van der Waals surface area contributed by atoms with E-state index >= 15 is 0 Å². The van der Waals surface area contributed by atoms with Gasteiger partial charge in [0, 0.05) is 18.4 Å². The summed E-state index contributed by atoms with van der Waals surface area (Å²) in [5, 5.41) is 3.78. The molecule has 0 saturated heterocycles. The van der Waals surface area contributed by atoms with Crippen molar-refractivity contribution in [1.29, 1.82) is 0 Å². The fourth-order valence-corrected chi connectivity index (χ4v) is 3.60. The summed E-state index contributed by atoms with van der Waals surface area (Å²) in [5.74, 6) is 3.07. The minimum atomic E-state index is 0.681. The molecule has 98 valence electrons. The summed E-state index contributed by atoms with van der Waals surface area (Å²) in [4.78, 5) is 4.11. The van der Waals surface area contributed by atoms with E-state index in [4.69, 9.17) is 0 Å². The van der Waals surface area contributed by atoms with Gasteiger partial charge in [0.15, 0.2) is 0 Å². The van der Waals surface area contributed by atoms with Gasteiger partial charge in [-0.2, -0.15) is 0 Å². The predicted molar refractivity (Wildman–Crippen MR) is 74.3 cm³/mol. The fourth-order valence-electron chi connectivity index (χ4n) is 3.60. The molecular weight excluding hydrogens is 220 g/mol. The Balaban J connectivity index is 1.61. The summed E-state index contributed by atoms with van der Waals surface area (Å²) in [6.45, 7) is 3.41. The van der Waals surface area contributed by atoms with Crippen molar-refractivity contribution < 1.29 is 0 Å². The molecule has 1 aromatic heterocycles. The predicted octanol–water partition coefficient (Wildman–Crippen LogP) is 3.04. The SMILES string of the molecule is CCCNC(Cc1ccncc1)C1CC2CC2C1. The van der Waals surface area contributed by atoms with E-state index < -0.39 is 0 Å². The first-order chi connectivity index (χ1) is 8.86. The van der Waals surface area contributed by atoms with E-state index in [1.165, 1.54) is 37.7 Å². The zero-order valence-corrected chi connectivity index (χ0v) is 11.3. The van der Waals surface area contributed by atoms with Gasteiger partial charge in [0.2, 0.25) is 0 Å². The first kappa shape index (κ1) is 12.2. The molecule has 0 aromatic carbocycles.